The summed E-state index contributed by atoms with van der Waals surface area (Å²) in [6.07, 6.45) is 4.49. The van der Waals surface area contributed by atoms with Gasteiger partial charge in [0.25, 0.3) is 0 Å². The Kier molecular flexibility index (Phi) is 5.45. The van der Waals surface area contributed by atoms with Gasteiger partial charge >= 0.3 is 0 Å². The highest BCUT2D eigenvalue weighted by atomic mass is 16.2. The topological polar surface area (TPSA) is 58.2 Å². The molecule has 0 heterocycles. The first-order chi connectivity index (χ1) is 8.01. The predicted octanol–water partition coefficient (Wildman–Crippen LogP) is 1.60. The van der Waals surface area contributed by atoms with Crippen molar-refractivity contribution in [3.8, 4) is 0 Å². The van der Waals surface area contributed by atoms with Gasteiger partial charge in [0, 0.05) is 25.4 Å². The third-order valence-electron chi connectivity index (χ3n) is 3.33. The van der Waals surface area contributed by atoms with Crippen molar-refractivity contribution in [3.63, 3.8) is 0 Å². The van der Waals surface area contributed by atoms with Crippen LogP contribution in [0.1, 0.15) is 52.9 Å². The zero-order valence-electron chi connectivity index (χ0n) is 11.1. The predicted molar refractivity (Wildman–Crippen MR) is 67.5 cm³/mol. The second kappa shape index (κ2) is 6.62. The van der Waals surface area contributed by atoms with E-state index in [0.29, 0.717) is 12.3 Å². The van der Waals surface area contributed by atoms with E-state index in [1.54, 1.807) is 6.92 Å². The normalized spacial score (nSPS) is 29.2. The number of carbonyl (C=O) groups excluding carboxylic acids is 2. The van der Waals surface area contributed by atoms with Crippen LogP contribution in [-0.4, -0.2) is 23.9 Å². The fourth-order valence-electron chi connectivity index (χ4n) is 2.59. The third kappa shape index (κ3) is 5.20. The van der Waals surface area contributed by atoms with Gasteiger partial charge in [-0.1, -0.05) is 13.8 Å². The molecule has 2 amide bonds. The Morgan fingerprint density at radius 2 is 1.65 bits per heavy atom. The maximum absolute atomic E-state index is 11.4. The Morgan fingerprint density at radius 3 is 2.12 bits per heavy atom. The molecule has 1 fully saturated rings. The zero-order chi connectivity index (χ0) is 12.8. The second-order valence-corrected chi connectivity index (χ2v) is 5.17. The molecule has 3 unspecified atom stereocenters. The van der Waals surface area contributed by atoms with E-state index in [0.717, 1.165) is 25.7 Å². The monoisotopic (exact) mass is 240 g/mol. The average molecular weight is 240 g/mol. The summed E-state index contributed by atoms with van der Waals surface area (Å²) >= 11 is 0. The number of nitrogens with one attached hydrogen (secondary N) is 2. The smallest absolute Gasteiger partial charge is 0.219 e. The van der Waals surface area contributed by atoms with Gasteiger partial charge in [-0.15, -0.1) is 0 Å². The number of rotatable bonds is 3. The van der Waals surface area contributed by atoms with Crippen molar-refractivity contribution in [1.29, 1.82) is 0 Å². The zero-order valence-corrected chi connectivity index (χ0v) is 11.1. The minimum atomic E-state index is 0.0400. The largest absolute Gasteiger partial charge is 0.354 e. The summed E-state index contributed by atoms with van der Waals surface area (Å²) in [5.74, 6) is 0.704. The Balaban J connectivity index is 2.47. The van der Waals surface area contributed by atoms with Gasteiger partial charge in [0.15, 0.2) is 0 Å². The molecule has 0 aromatic rings. The van der Waals surface area contributed by atoms with E-state index in [9.17, 15) is 9.59 Å². The first-order valence-corrected chi connectivity index (χ1v) is 6.57. The van der Waals surface area contributed by atoms with Gasteiger partial charge in [0.1, 0.15) is 0 Å². The summed E-state index contributed by atoms with van der Waals surface area (Å²) in [7, 11) is 0. The molecule has 0 radical (unpaired) electrons. The van der Waals surface area contributed by atoms with Crippen molar-refractivity contribution < 1.29 is 9.59 Å². The Morgan fingerprint density at radius 1 is 1.12 bits per heavy atom. The van der Waals surface area contributed by atoms with E-state index in [-0.39, 0.29) is 23.9 Å². The highest BCUT2D eigenvalue weighted by molar-refractivity contribution is 5.75. The van der Waals surface area contributed by atoms with E-state index in [2.05, 4.69) is 17.6 Å². The van der Waals surface area contributed by atoms with Crippen molar-refractivity contribution in [2.45, 2.75) is 65.0 Å². The molecule has 0 bridgehead atoms. The first-order valence-electron chi connectivity index (χ1n) is 6.57. The van der Waals surface area contributed by atoms with Gasteiger partial charge in [-0.05, 0) is 31.6 Å². The van der Waals surface area contributed by atoms with E-state index in [4.69, 9.17) is 0 Å². The Bertz CT molecular complexity index is 279. The maximum Gasteiger partial charge on any atom is 0.219 e. The summed E-state index contributed by atoms with van der Waals surface area (Å²) in [6.45, 7) is 5.62. The van der Waals surface area contributed by atoms with Crippen LogP contribution in [0.25, 0.3) is 0 Å². The molecule has 0 aromatic carbocycles. The quantitative estimate of drug-likeness (QED) is 0.736. The lowest BCUT2D eigenvalue weighted by Crippen LogP contribution is -2.35. The molecule has 98 valence electrons. The molecule has 1 aliphatic carbocycles. The van der Waals surface area contributed by atoms with Gasteiger partial charge < -0.3 is 10.6 Å². The number of hydrogen-bond donors (Lipinski definition) is 2. The van der Waals surface area contributed by atoms with Crippen LogP contribution in [0.4, 0.5) is 0 Å². The highest BCUT2D eigenvalue weighted by Crippen LogP contribution is 2.23. The van der Waals surface area contributed by atoms with Crippen molar-refractivity contribution in [1.82, 2.24) is 10.6 Å². The van der Waals surface area contributed by atoms with Crippen molar-refractivity contribution in [3.05, 3.63) is 0 Å². The molecule has 0 aromatic heterocycles. The van der Waals surface area contributed by atoms with E-state index in [1.807, 2.05) is 6.92 Å². The molecule has 0 aliphatic heterocycles. The van der Waals surface area contributed by atoms with Gasteiger partial charge in [-0.3, -0.25) is 9.59 Å². The Labute approximate surface area is 104 Å². The first kappa shape index (κ1) is 14.0. The summed E-state index contributed by atoms with van der Waals surface area (Å²) in [4.78, 5) is 22.4. The summed E-state index contributed by atoms with van der Waals surface area (Å²) in [5.41, 5.74) is 0. The van der Waals surface area contributed by atoms with Crippen LogP contribution < -0.4 is 10.6 Å². The lowest BCUT2D eigenvalue weighted by atomic mass is 9.99. The lowest BCUT2D eigenvalue weighted by Gasteiger charge is -2.18. The minimum absolute atomic E-state index is 0.0400. The average Bonchev–Trinajstić information content (AvgIpc) is 2.39. The summed E-state index contributed by atoms with van der Waals surface area (Å²) in [5, 5.41) is 6.05. The van der Waals surface area contributed by atoms with E-state index < -0.39 is 0 Å². The molecule has 4 nitrogen and oxygen atoms in total. The van der Waals surface area contributed by atoms with E-state index in [1.165, 1.54) is 0 Å². The van der Waals surface area contributed by atoms with Crippen LogP contribution in [-0.2, 0) is 9.59 Å². The van der Waals surface area contributed by atoms with Gasteiger partial charge in [-0.25, -0.2) is 0 Å². The number of amides is 2. The third-order valence-corrected chi connectivity index (χ3v) is 3.33. The van der Waals surface area contributed by atoms with Crippen molar-refractivity contribution in [2.75, 3.05) is 0 Å². The molecule has 2 N–H and O–H groups in total. The molecule has 0 saturated heterocycles. The van der Waals surface area contributed by atoms with Crippen LogP contribution in [0.5, 0.6) is 0 Å². The van der Waals surface area contributed by atoms with Gasteiger partial charge in [-0.2, -0.15) is 0 Å². The molecule has 4 heteroatoms. The standard InChI is InChI=1S/C13H24N2O2/c1-4-13(17)15-12-6-5-11(14-10(3)16)7-9(2)8-12/h9,11-12H,4-8H2,1-3H3,(H,14,16)(H,15,17). The lowest BCUT2D eigenvalue weighted by molar-refractivity contribution is -0.122. The number of hydrogen-bond acceptors (Lipinski definition) is 2. The van der Waals surface area contributed by atoms with Crippen LogP contribution >= 0.6 is 0 Å². The van der Waals surface area contributed by atoms with Crippen LogP contribution in [0.3, 0.4) is 0 Å². The summed E-state index contributed by atoms with van der Waals surface area (Å²) < 4.78 is 0. The fraction of sp³-hybridized carbons (Fsp3) is 0.846. The van der Waals surface area contributed by atoms with Crippen LogP contribution in [0.15, 0.2) is 0 Å². The van der Waals surface area contributed by atoms with Crippen molar-refractivity contribution >= 4 is 11.8 Å². The maximum atomic E-state index is 11.4. The Hall–Kier alpha value is -1.06. The molecule has 1 rings (SSSR count). The van der Waals surface area contributed by atoms with Crippen molar-refractivity contribution in [2.24, 2.45) is 5.92 Å². The molecule has 17 heavy (non-hydrogen) atoms. The molecular weight excluding hydrogens is 216 g/mol. The minimum Gasteiger partial charge on any atom is -0.354 e. The SMILES string of the molecule is CCC(=O)NC1CCC(NC(C)=O)CC(C)C1. The van der Waals surface area contributed by atoms with E-state index >= 15 is 0 Å². The van der Waals surface area contributed by atoms with Gasteiger partial charge in [0.05, 0.1) is 0 Å². The van der Waals surface area contributed by atoms with Gasteiger partial charge in [0.2, 0.25) is 11.8 Å². The highest BCUT2D eigenvalue weighted by Gasteiger charge is 2.24. The molecule has 0 spiro atoms. The summed E-state index contributed by atoms with van der Waals surface area (Å²) in [6, 6.07) is 0.544. The molecular formula is C13H24N2O2. The second-order valence-electron chi connectivity index (χ2n) is 5.17. The molecule has 1 aliphatic rings. The molecule has 3 atom stereocenters. The van der Waals surface area contributed by atoms with Crippen LogP contribution in [0, 0.1) is 5.92 Å². The molecule has 1 saturated carbocycles. The number of carbonyl (C=O) groups is 2. The van der Waals surface area contributed by atoms with Crippen LogP contribution in [0.2, 0.25) is 0 Å². The fourth-order valence-corrected chi connectivity index (χ4v) is 2.59.